The van der Waals surface area contributed by atoms with Crippen LogP contribution in [0.5, 0.6) is 0 Å². The second-order valence-corrected chi connectivity index (χ2v) is 7.64. The highest BCUT2D eigenvalue weighted by Crippen LogP contribution is 2.40. The summed E-state index contributed by atoms with van der Waals surface area (Å²) in [5.41, 5.74) is 1.38. The molecule has 0 N–H and O–H groups in total. The summed E-state index contributed by atoms with van der Waals surface area (Å²) >= 11 is 0. The van der Waals surface area contributed by atoms with Gasteiger partial charge in [0.15, 0.2) is 0 Å². The normalized spacial score (nSPS) is 23.3. The van der Waals surface area contributed by atoms with Crippen molar-refractivity contribution < 1.29 is 8.78 Å². The molecule has 0 aromatic heterocycles. The number of piperidine rings is 1. The van der Waals surface area contributed by atoms with E-state index in [2.05, 4.69) is 27.0 Å². The van der Waals surface area contributed by atoms with Crippen LogP contribution in [0.25, 0.3) is 0 Å². The fourth-order valence-electron chi connectivity index (χ4n) is 4.19. The van der Waals surface area contributed by atoms with Crippen LogP contribution in [0.15, 0.2) is 70.6 Å². The van der Waals surface area contributed by atoms with Gasteiger partial charge in [-0.05, 0) is 37.1 Å². The Labute approximate surface area is 164 Å². The van der Waals surface area contributed by atoms with Crippen LogP contribution >= 0.6 is 0 Å². The second kappa shape index (κ2) is 8.31. The van der Waals surface area contributed by atoms with Crippen molar-refractivity contribution >= 4 is 11.9 Å². The first-order valence-electron chi connectivity index (χ1n) is 9.88. The summed E-state index contributed by atoms with van der Waals surface area (Å²) in [7, 11) is 0. The predicted molar refractivity (Wildman–Crippen MR) is 109 cm³/mol. The molecule has 0 saturated carbocycles. The summed E-state index contributed by atoms with van der Waals surface area (Å²) in [6.07, 6.45) is 0.914. The lowest BCUT2D eigenvalue weighted by Gasteiger charge is -2.38. The number of alkyl halides is 2. The molecule has 2 aromatic rings. The molecule has 0 bridgehead atoms. The molecule has 2 aliphatic rings. The molecule has 146 valence electrons. The minimum absolute atomic E-state index is 0.218. The lowest BCUT2D eigenvalue weighted by molar-refractivity contribution is 0.00376. The number of likely N-dealkylation sites (tertiary alicyclic amines) is 1. The van der Waals surface area contributed by atoms with Gasteiger partial charge in [-0.2, -0.15) is 0 Å². The second-order valence-electron chi connectivity index (χ2n) is 7.64. The van der Waals surface area contributed by atoms with Gasteiger partial charge >= 0.3 is 0 Å². The Hall–Kier alpha value is -2.40. The maximum atomic E-state index is 14.1. The van der Waals surface area contributed by atoms with Crippen molar-refractivity contribution in [2.24, 2.45) is 15.9 Å². The van der Waals surface area contributed by atoms with Crippen molar-refractivity contribution in [3.8, 4) is 0 Å². The largest absolute Gasteiger partial charge is 0.299 e. The van der Waals surface area contributed by atoms with Crippen molar-refractivity contribution in [3.63, 3.8) is 0 Å². The molecule has 1 saturated heterocycles. The van der Waals surface area contributed by atoms with Gasteiger partial charge in [0.1, 0.15) is 0 Å². The number of hydrogen-bond acceptors (Lipinski definition) is 3. The smallest absolute Gasteiger partial charge is 0.283 e. The van der Waals surface area contributed by atoms with Crippen molar-refractivity contribution in [1.29, 1.82) is 0 Å². The van der Waals surface area contributed by atoms with Gasteiger partial charge in [0, 0.05) is 25.1 Å². The molecule has 28 heavy (non-hydrogen) atoms. The van der Waals surface area contributed by atoms with Gasteiger partial charge in [-0.15, -0.1) is 0 Å². The minimum Gasteiger partial charge on any atom is -0.299 e. The zero-order valence-corrected chi connectivity index (χ0v) is 15.8. The Bertz CT molecular complexity index is 827. The summed E-state index contributed by atoms with van der Waals surface area (Å²) in [4.78, 5) is 11.1. The van der Waals surface area contributed by atoms with Crippen LogP contribution in [0.1, 0.15) is 24.0 Å². The van der Waals surface area contributed by atoms with Crippen LogP contribution in [0.2, 0.25) is 0 Å². The number of hydrogen-bond donors (Lipinski definition) is 0. The molecule has 1 atom stereocenters. The van der Waals surface area contributed by atoms with Crippen LogP contribution in [0, 0.1) is 5.92 Å². The molecular formula is C23H25F2N3. The molecule has 2 aliphatic heterocycles. The monoisotopic (exact) mass is 381 g/mol. The van der Waals surface area contributed by atoms with E-state index in [0.29, 0.717) is 25.0 Å². The van der Waals surface area contributed by atoms with E-state index in [1.807, 2.05) is 48.5 Å². The molecule has 1 unspecified atom stereocenters. The average molecular weight is 381 g/mol. The lowest BCUT2D eigenvalue weighted by atomic mass is 9.84. The molecule has 0 aliphatic carbocycles. The van der Waals surface area contributed by atoms with E-state index in [0.717, 1.165) is 25.2 Å². The molecule has 1 fully saturated rings. The number of benzene rings is 2. The molecule has 5 heteroatoms. The molecule has 0 radical (unpaired) electrons. The van der Waals surface area contributed by atoms with Gasteiger partial charge < -0.3 is 0 Å². The van der Waals surface area contributed by atoms with Crippen molar-refractivity contribution in [1.82, 2.24) is 4.90 Å². The van der Waals surface area contributed by atoms with Crippen LogP contribution in [-0.2, 0) is 13.0 Å². The fourth-order valence-corrected chi connectivity index (χ4v) is 4.19. The van der Waals surface area contributed by atoms with E-state index in [1.165, 1.54) is 5.56 Å². The fraction of sp³-hybridized carbons (Fsp3) is 0.391. The minimum atomic E-state index is -2.58. The molecule has 3 nitrogen and oxygen atoms in total. The lowest BCUT2D eigenvalue weighted by Crippen LogP contribution is -2.46. The average Bonchev–Trinajstić information content (AvgIpc) is 3.15. The van der Waals surface area contributed by atoms with Gasteiger partial charge in [0.2, 0.25) is 5.66 Å². The van der Waals surface area contributed by atoms with Crippen LogP contribution in [0.4, 0.5) is 8.78 Å². The maximum Gasteiger partial charge on any atom is 0.283 e. The standard InChI is InChI=1S/C23H25F2N3/c24-22(25)23(26-16-21(27-23)15-18-7-3-1-4-8-18)20-11-13-28(14-12-20)17-19-9-5-2-6-10-19/h1-10,16,20,22H,11-15,17H2. The van der Waals surface area contributed by atoms with Gasteiger partial charge in [-0.25, -0.2) is 8.78 Å². The maximum absolute atomic E-state index is 14.1. The molecule has 0 amide bonds. The molecule has 2 heterocycles. The Morgan fingerprint density at radius 1 is 0.929 bits per heavy atom. The van der Waals surface area contributed by atoms with Crippen LogP contribution < -0.4 is 0 Å². The Kier molecular flexibility index (Phi) is 5.62. The van der Waals surface area contributed by atoms with Crippen molar-refractivity contribution in [2.45, 2.75) is 37.9 Å². The Morgan fingerprint density at radius 3 is 2.14 bits per heavy atom. The van der Waals surface area contributed by atoms with Crippen molar-refractivity contribution in [3.05, 3.63) is 71.8 Å². The number of rotatable bonds is 6. The third-order valence-electron chi connectivity index (χ3n) is 5.73. The van der Waals surface area contributed by atoms with E-state index in [1.54, 1.807) is 6.21 Å². The van der Waals surface area contributed by atoms with Gasteiger partial charge in [-0.1, -0.05) is 60.7 Å². The number of nitrogens with zero attached hydrogens (tertiary/aromatic N) is 3. The third-order valence-corrected chi connectivity index (χ3v) is 5.73. The summed E-state index contributed by atoms with van der Waals surface area (Å²) < 4.78 is 28.2. The molecule has 4 rings (SSSR count). The van der Waals surface area contributed by atoms with E-state index >= 15 is 0 Å². The van der Waals surface area contributed by atoms with Gasteiger partial charge in [0.05, 0.1) is 5.71 Å². The van der Waals surface area contributed by atoms with Crippen LogP contribution in [0.3, 0.4) is 0 Å². The van der Waals surface area contributed by atoms with Gasteiger partial charge in [-0.3, -0.25) is 14.9 Å². The number of halogens is 2. The topological polar surface area (TPSA) is 28.0 Å². The highest BCUT2D eigenvalue weighted by atomic mass is 19.3. The number of aliphatic imine (C=N–C) groups is 2. The van der Waals surface area contributed by atoms with Gasteiger partial charge in [0.25, 0.3) is 6.43 Å². The van der Waals surface area contributed by atoms with Crippen molar-refractivity contribution in [2.75, 3.05) is 13.1 Å². The predicted octanol–water partition coefficient (Wildman–Crippen LogP) is 4.63. The Balaban J connectivity index is 1.42. The summed E-state index contributed by atoms with van der Waals surface area (Å²) in [5, 5.41) is 0. The Morgan fingerprint density at radius 2 is 1.54 bits per heavy atom. The molecular weight excluding hydrogens is 356 g/mol. The summed E-state index contributed by atoms with van der Waals surface area (Å²) in [6, 6.07) is 20.1. The van der Waals surface area contributed by atoms with E-state index in [4.69, 9.17) is 0 Å². The summed E-state index contributed by atoms with van der Waals surface area (Å²) in [5.74, 6) is -0.218. The molecule has 0 spiro atoms. The molecule has 2 aromatic carbocycles. The quantitative estimate of drug-likeness (QED) is 0.717. The first-order chi connectivity index (χ1) is 13.7. The summed E-state index contributed by atoms with van der Waals surface area (Å²) in [6.45, 7) is 2.46. The zero-order valence-electron chi connectivity index (χ0n) is 15.8. The van der Waals surface area contributed by atoms with E-state index in [-0.39, 0.29) is 5.92 Å². The SMILES string of the molecule is FC(F)C1(C2CCN(Cc3ccccc3)CC2)N=CC(Cc2ccccc2)=N1. The highest BCUT2D eigenvalue weighted by molar-refractivity contribution is 6.32. The van der Waals surface area contributed by atoms with E-state index in [9.17, 15) is 8.78 Å². The zero-order chi connectivity index (χ0) is 19.4. The van der Waals surface area contributed by atoms with Crippen LogP contribution in [-0.4, -0.2) is 42.0 Å². The van der Waals surface area contributed by atoms with E-state index < -0.39 is 12.1 Å². The third kappa shape index (κ3) is 4.04. The highest BCUT2D eigenvalue weighted by Gasteiger charge is 2.49. The first-order valence-corrected chi connectivity index (χ1v) is 9.88. The first kappa shape index (κ1) is 18.9.